The zero-order chi connectivity index (χ0) is 20.7. The molecule has 0 aliphatic rings. The monoisotopic (exact) mass is 393 g/mol. The maximum Gasteiger partial charge on any atom is 0.326 e. The molecule has 12 heteroatoms. The maximum absolute atomic E-state index is 12.7. The van der Waals surface area contributed by atoms with Gasteiger partial charge in [-0.2, -0.15) is 0 Å². The Labute approximate surface area is 160 Å². The van der Waals surface area contributed by atoms with Crippen LogP contribution in [0.1, 0.15) is 18.3 Å². The van der Waals surface area contributed by atoms with Crippen molar-refractivity contribution in [3.8, 4) is 0 Å². The van der Waals surface area contributed by atoms with Crippen molar-refractivity contribution in [1.82, 2.24) is 30.6 Å². The smallest absolute Gasteiger partial charge is 0.326 e. The van der Waals surface area contributed by atoms with Crippen LogP contribution in [0.3, 0.4) is 0 Å². The lowest BCUT2D eigenvalue weighted by atomic mass is 10.1. The fraction of sp³-hybridized carbons (Fsp3) is 0.438. The van der Waals surface area contributed by atoms with Gasteiger partial charge in [-0.1, -0.05) is 0 Å². The molecule has 28 heavy (non-hydrogen) atoms. The predicted octanol–water partition coefficient (Wildman–Crippen LogP) is -2.32. The van der Waals surface area contributed by atoms with Gasteiger partial charge in [0.25, 0.3) is 0 Å². The zero-order valence-electron chi connectivity index (χ0n) is 15.1. The van der Waals surface area contributed by atoms with E-state index in [0.717, 1.165) is 0 Å². The van der Waals surface area contributed by atoms with Gasteiger partial charge in [-0.3, -0.25) is 9.59 Å². The number of carbonyl (C=O) groups excluding carboxylic acids is 2. The van der Waals surface area contributed by atoms with E-state index in [1.807, 2.05) is 0 Å². The first-order chi connectivity index (χ1) is 13.3. The number of aliphatic carboxylic acids is 1. The van der Waals surface area contributed by atoms with Gasteiger partial charge < -0.3 is 36.5 Å². The number of hydrogen-bond donors (Lipinski definition) is 7. The molecular weight excluding hydrogens is 370 g/mol. The molecule has 2 aromatic heterocycles. The third kappa shape index (κ3) is 5.89. The number of amides is 2. The minimum absolute atomic E-state index is 0.0149. The molecule has 0 saturated carbocycles. The second-order valence-electron chi connectivity index (χ2n) is 6.29. The van der Waals surface area contributed by atoms with Gasteiger partial charge in [0.1, 0.15) is 18.1 Å². The first kappa shape index (κ1) is 21.1. The fourth-order valence-electron chi connectivity index (χ4n) is 2.40. The standard InChI is InChI=1S/C16H23N7O5/c1-8(24)13(17)15(26)22-11(2-9-4-18-6-20-9)14(25)23-12(16(27)28)3-10-5-19-7-21-10/h4-8,11-13,24H,2-3,17H2,1H3,(H,18,20)(H,19,21)(H,22,26)(H,23,25)(H,27,28). The van der Waals surface area contributed by atoms with Gasteiger partial charge in [-0.15, -0.1) is 0 Å². The van der Waals surface area contributed by atoms with Crippen molar-refractivity contribution in [2.24, 2.45) is 5.73 Å². The van der Waals surface area contributed by atoms with Gasteiger partial charge in [-0.25, -0.2) is 14.8 Å². The highest BCUT2D eigenvalue weighted by Crippen LogP contribution is 2.04. The Balaban J connectivity index is 2.11. The van der Waals surface area contributed by atoms with E-state index in [9.17, 15) is 24.6 Å². The summed E-state index contributed by atoms with van der Waals surface area (Å²) in [7, 11) is 0. The third-order valence-electron chi connectivity index (χ3n) is 4.03. The molecule has 2 amide bonds. The Kier molecular flexibility index (Phi) is 7.23. The molecule has 0 saturated heterocycles. The summed E-state index contributed by atoms with van der Waals surface area (Å²) in [6.07, 6.45) is 4.62. The normalized spacial score (nSPS) is 15.2. The number of H-pyrrole nitrogens is 2. The van der Waals surface area contributed by atoms with Crippen molar-refractivity contribution >= 4 is 17.8 Å². The summed E-state index contributed by atoms with van der Waals surface area (Å²) in [5, 5.41) is 23.7. The maximum atomic E-state index is 12.7. The number of carboxylic acid groups (broad SMARTS) is 1. The van der Waals surface area contributed by atoms with Crippen LogP contribution in [0.25, 0.3) is 0 Å². The van der Waals surface area contributed by atoms with Crippen LogP contribution >= 0.6 is 0 Å². The third-order valence-corrected chi connectivity index (χ3v) is 4.03. The van der Waals surface area contributed by atoms with Crippen LogP contribution in [0.4, 0.5) is 0 Å². The lowest BCUT2D eigenvalue weighted by molar-refractivity contribution is -0.142. The second-order valence-corrected chi connectivity index (χ2v) is 6.29. The van der Waals surface area contributed by atoms with Crippen LogP contribution in [0, 0.1) is 0 Å². The predicted molar refractivity (Wildman–Crippen MR) is 95.7 cm³/mol. The van der Waals surface area contributed by atoms with Crippen molar-refractivity contribution in [2.75, 3.05) is 0 Å². The SMILES string of the molecule is CC(O)C(N)C(=O)NC(Cc1cnc[nH]1)C(=O)NC(Cc1cnc[nH]1)C(=O)O. The lowest BCUT2D eigenvalue weighted by Crippen LogP contribution is -2.57. The molecule has 0 aliphatic heterocycles. The summed E-state index contributed by atoms with van der Waals surface area (Å²) in [6, 6.07) is -3.60. The summed E-state index contributed by atoms with van der Waals surface area (Å²) in [6.45, 7) is 1.35. The fourth-order valence-corrected chi connectivity index (χ4v) is 2.40. The Morgan fingerprint density at radius 1 is 1.04 bits per heavy atom. The number of imidazole rings is 2. The van der Waals surface area contributed by atoms with Crippen LogP contribution in [-0.4, -0.2) is 72.2 Å². The molecule has 2 heterocycles. The van der Waals surface area contributed by atoms with Crippen LogP contribution in [0.15, 0.2) is 25.0 Å². The highest BCUT2D eigenvalue weighted by molar-refractivity contribution is 5.92. The number of aromatic nitrogens is 4. The van der Waals surface area contributed by atoms with E-state index in [-0.39, 0.29) is 12.8 Å². The molecule has 0 aromatic carbocycles. The van der Waals surface area contributed by atoms with Gasteiger partial charge in [-0.05, 0) is 6.92 Å². The van der Waals surface area contributed by atoms with E-state index >= 15 is 0 Å². The molecule has 2 aromatic rings. The summed E-state index contributed by atoms with van der Waals surface area (Å²) >= 11 is 0. The molecule has 0 bridgehead atoms. The number of aromatic amines is 2. The Hall–Kier alpha value is -3.25. The minimum atomic E-state index is -1.24. The molecule has 0 aliphatic carbocycles. The van der Waals surface area contributed by atoms with Gasteiger partial charge in [0.05, 0.1) is 18.8 Å². The molecule has 8 N–H and O–H groups in total. The number of hydrogen-bond acceptors (Lipinski definition) is 7. The van der Waals surface area contributed by atoms with Gasteiger partial charge in [0.2, 0.25) is 11.8 Å². The number of nitrogens with one attached hydrogen (secondary N) is 4. The second kappa shape index (κ2) is 9.62. The molecule has 4 atom stereocenters. The van der Waals surface area contributed by atoms with Gasteiger partial charge in [0.15, 0.2) is 0 Å². The van der Waals surface area contributed by atoms with Crippen molar-refractivity contribution in [3.05, 3.63) is 36.4 Å². The number of aliphatic hydroxyl groups is 1. The zero-order valence-corrected chi connectivity index (χ0v) is 15.1. The number of carbonyl (C=O) groups is 3. The molecule has 152 valence electrons. The summed E-state index contributed by atoms with van der Waals surface area (Å²) in [5.74, 6) is -2.70. The topological polar surface area (TPSA) is 199 Å². The van der Waals surface area contributed by atoms with E-state index in [2.05, 4.69) is 30.6 Å². The molecule has 12 nitrogen and oxygen atoms in total. The quantitative estimate of drug-likeness (QED) is 0.233. The van der Waals surface area contributed by atoms with Crippen LogP contribution in [-0.2, 0) is 27.2 Å². The number of rotatable bonds is 10. The first-order valence-corrected chi connectivity index (χ1v) is 8.49. The van der Waals surface area contributed by atoms with Crippen molar-refractivity contribution in [3.63, 3.8) is 0 Å². The van der Waals surface area contributed by atoms with Crippen LogP contribution < -0.4 is 16.4 Å². The van der Waals surface area contributed by atoms with Crippen molar-refractivity contribution in [2.45, 2.75) is 44.0 Å². The summed E-state index contributed by atoms with van der Waals surface area (Å²) in [4.78, 5) is 49.6. The molecule has 0 spiro atoms. The van der Waals surface area contributed by atoms with Crippen molar-refractivity contribution < 1.29 is 24.6 Å². The molecular formula is C16H23N7O5. The number of nitrogens with zero attached hydrogens (tertiary/aromatic N) is 2. The Morgan fingerprint density at radius 3 is 1.96 bits per heavy atom. The Morgan fingerprint density at radius 2 is 1.54 bits per heavy atom. The minimum Gasteiger partial charge on any atom is -0.480 e. The van der Waals surface area contributed by atoms with Crippen LogP contribution in [0.2, 0.25) is 0 Å². The number of nitrogens with two attached hydrogens (primary N) is 1. The largest absolute Gasteiger partial charge is 0.480 e. The molecule has 0 fully saturated rings. The van der Waals surface area contributed by atoms with E-state index in [4.69, 9.17) is 5.73 Å². The van der Waals surface area contributed by atoms with Crippen LogP contribution in [0.5, 0.6) is 0 Å². The average Bonchev–Trinajstić information content (AvgIpc) is 3.33. The van der Waals surface area contributed by atoms with E-state index in [1.165, 1.54) is 32.0 Å². The van der Waals surface area contributed by atoms with E-state index < -0.39 is 42.0 Å². The molecule has 0 radical (unpaired) electrons. The summed E-state index contributed by atoms with van der Waals surface area (Å²) < 4.78 is 0. The Bertz CT molecular complexity index is 775. The number of carboxylic acids is 1. The average molecular weight is 393 g/mol. The van der Waals surface area contributed by atoms with Gasteiger partial charge in [0, 0.05) is 36.6 Å². The van der Waals surface area contributed by atoms with Gasteiger partial charge >= 0.3 is 5.97 Å². The van der Waals surface area contributed by atoms with E-state index in [0.29, 0.717) is 11.4 Å². The number of aliphatic hydroxyl groups excluding tert-OH is 1. The van der Waals surface area contributed by atoms with E-state index in [1.54, 1.807) is 0 Å². The molecule has 4 unspecified atom stereocenters. The van der Waals surface area contributed by atoms with Crippen molar-refractivity contribution in [1.29, 1.82) is 0 Å². The first-order valence-electron chi connectivity index (χ1n) is 8.49. The highest BCUT2D eigenvalue weighted by atomic mass is 16.4. The summed E-state index contributed by atoms with van der Waals surface area (Å²) in [5.41, 5.74) is 6.68. The lowest BCUT2D eigenvalue weighted by Gasteiger charge is -2.23. The molecule has 2 rings (SSSR count). The highest BCUT2D eigenvalue weighted by Gasteiger charge is 2.29.